The van der Waals surface area contributed by atoms with Gasteiger partial charge in [0.05, 0.1) is 6.07 Å². The molecule has 0 aromatic heterocycles. The SMILES string of the molecule is N#CCNc1c(F)cc(F)cc1F. The molecule has 0 radical (unpaired) electrons. The van der Waals surface area contributed by atoms with Crippen molar-refractivity contribution in [3.8, 4) is 6.07 Å². The molecule has 0 heterocycles. The number of halogens is 3. The van der Waals surface area contributed by atoms with Crippen LogP contribution in [0.1, 0.15) is 0 Å². The molecule has 0 saturated heterocycles. The predicted molar refractivity (Wildman–Crippen MR) is 40.4 cm³/mol. The molecule has 1 N–H and O–H groups in total. The van der Waals surface area contributed by atoms with E-state index in [0.29, 0.717) is 12.1 Å². The molecule has 1 aromatic carbocycles. The van der Waals surface area contributed by atoms with Gasteiger partial charge in [-0.3, -0.25) is 0 Å². The molecule has 0 unspecified atom stereocenters. The standard InChI is InChI=1S/C8H5F3N2/c9-5-3-6(10)8(7(11)4-5)13-2-1-12/h3-4,13H,2H2. The van der Waals surface area contributed by atoms with Crippen molar-refractivity contribution < 1.29 is 13.2 Å². The van der Waals surface area contributed by atoms with E-state index < -0.39 is 23.1 Å². The average Bonchev–Trinajstić information content (AvgIpc) is 2.02. The van der Waals surface area contributed by atoms with E-state index in [9.17, 15) is 13.2 Å². The van der Waals surface area contributed by atoms with Gasteiger partial charge in [0.2, 0.25) is 0 Å². The lowest BCUT2D eigenvalue weighted by Crippen LogP contribution is -2.04. The third-order valence-corrected chi connectivity index (χ3v) is 1.35. The van der Waals surface area contributed by atoms with Crippen molar-refractivity contribution in [2.75, 3.05) is 11.9 Å². The van der Waals surface area contributed by atoms with Gasteiger partial charge in [0, 0.05) is 12.1 Å². The van der Waals surface area contributed by atoms with Crippen molar-refractivity contribution in [2.24, 2.45) is 0 Å². The van der Waals surface area contributed by atoms with E-state index >= 15 is 0 Å². The molecule has 1 aromatic rings. The molecule has 0 fully saturated rings. The number of nitrogens with one attached hydrogen (secondary N) is 1. The highest BCUT2D eigenvalue weighted by atomic mass is 19.1. The number of benzene rings is 1. The monoisotopic (exact) mass is 186 g/mol. The fourth-order valence-corrected chi connectivity index (χ4v) is 0.839. The van der Waals surface area contributed by atoms with Crippen LogP contribution in [0.3, 0.4) is 0 Å². The minimum atomic E-state index is -1.05. The minimum absolute atomic E-state index is 0.237. The van der Waals surface area contributed by atoms with Gasteiger partial charge in [0.1, 0.15) is 18.0 Å². The average molecular weight is 186 g/mol. The normalized spacial score (nSPS) is 9.38. The first-order valence-corrected chi connectivity index (χ1v) is 3.40. The molecule has 0 spiro atoms. The van der Waals surface area contributed by atoms with Crippen molar-refractivity contribution in [3.63, 3.8) is 0 Å². The van der Waals surface area contributed by atoms with Gasteiger partial charge < -0.3 is 5.32 Å². The van der Waals surface area contributed by atoms with E-state index in [4.69, 9.17) is 5.26 Å². The molecule has 0 amide bonds. The maximum Gasteiger partial charge on any atom is 0.152 e. The maximum atomic E-state index is 12.8. The van der Waals surface area contributed by atoms with Crippen LogP contribution in [0.15, 0.2) is 12.1 Å². The minimum Gasteiger partial charge on any atom is -0.368 e. The second-order valence-corrected chi connectivity index (χ2v) is 2.26. The van der Waals surface area contributed by atoms with Crippen LogP contribution in [0.4, 0.5) is 18.9 Å². The van der Waals surface area contributed by atoms with E-state index in [0.717, 1.165) is 0 Å². The van der Waals surface area contributed by atoms with Gasteiger partial charge >= 0.3 is 0 Å². The third-order valence-electron chi connectivity index (χ3n) is 1.35. The molecule has 68 valence electrons. The zero-order valence-electron chi connectivity index (χ0n) is 6.44. The predicted octanol–water partition coefficient (Wildman–Crippen LogP) is 2.04. The molecular formula is C8H5F3N2. The second kappa shape index (κ2) is 3.81. The first-order valence-electron chi connectivity index (χ1n) is 3.40. The Morgan fingerprint density at radius 3 is 2.23 bits per heavy atom. The Morgan fingerprint density at radius 2 is 1.77 bits per heavy atom. The summed E-state index contributed by atoms with van der Waals surface area (Å²) in [5.41, 5.74) is -0.483. The summed E-state index contributed by atoms with van der Waals surface area (Å²) in [5, 5.41) is 10.3. The topological polar surface area (TPSA) is 35.8 Å². The van der Waals surface area contributed by atoms with E-state index in [1.807, 2.05) is 0 Å². The molecule has 0 saturated carbocycles. The molecule has 0 bridgehead atoms. The summed E-state index contributed by atoms with van der Waals surface area (Å²) < 4.78 is 37.9. The highest BCUT2D eigenvalue weighted by Crippen LogP contribution is 2.19. The Balaban J connectivity index is 3.00. The number of nitriles is 1. The first-order chi connectivity index (χ1) is 6.15. The number of anilines is 1. The summed E-state index contributed by atoms with van der Waals surface area (Å²) in [4.78, 5) is 0. The summed E-state index contributed by atoms with van der Waals surface area (Å²) in [6.45, 7) is -0.237. The lowest BCUT2D eigenvalue weighted by molar-refractivity contribution is 0.548. The Hall–Kier alpha value is -1.70. The Kier molecular flexibility index (Phi) is 2.75. The van der Waals surface area contributed by atoms with Gasteiger partial charge in [-0.25, -0.2) is 13.2 Å². The molecule has 2 nitrogen and oxygen atoms in total. The van der Waals surface area contributed by atoms with Crippen LogP contribution in [0.2, 0.25) is 0 Å². The molecule has 0 atom stereocenters. The maximum absolute atomic E-state index is 12.8. The fraction of sp³-hybridized carbons (Fsp3) is 0.125. The van der Waals surface area contributed by atoms with Crippen LogP contribution in [0.5, 0.6) is 0 Å². The van der Waals surface area contributed by atoms with Crippen LogP contribution in [-0.4, -0.2) is 6.54 Å². The Bertz CT molecular complexity index is 334. The molecule has 0 aliphatic rings. The van der Waals surface area contributed by atoms with E-state index in [1.54, 1.807) is 6.07 Å². The van der Waals surface area contributed by atoms with Crippen molar-refractivity contribution in [1.82, 2.24) is 0 Å². The van der Waals surface area contributed by atoms with Crippen LogP contribution in [0, 0.1) is 28.8 Å². The summed E-state index contributed by atoms with van der Waals surface area (Å²) in [6.07, 6.45) is 0. The third kappa shape index (κ3) is 2.12. The zero-order chi connectivity index (χ0) is 9.84. The van der Waals surface area contributed by atoms with Gasteiger partial charge in [-0.05, 0) is 0 Å². The number of hydrogen-bond donors (Lipinski definition) is 1. The van der Waals surface area contributed by atoms with Crippen LogP contribution >= 0.6 is 0 Å². The first kappa shape index (κ1) is 9.39. The zero-order valence-corrected chi connectivity index (χ0v) is 6.44. The summed E-state index contributed by atoms with van der Waals surface area (Å²) in [6, 6.07) is 2.74. The van der Waals surface area contributed by atoms with Gasteiger partial charge in [-0.2, -0.15) is 5.26 Å². The Labute approximate surface area is 72.6 Å². The molecule has 5 heteroatoms. The van der Waals surface area contributed by atoms with Crippen molar-refractivity contribution in [2.45, 2.75) is 0 Å². The van der Waals surface area contributed by atoms with E-state index in [-0.39, 0.29) is 6.54 Å². The number of hydrogen-bond acceptors (Lipinski definition) is 2. The smallest absolute Gasteiger partial charge is 0.152 e. The van der Waals surface area contributed by atoms with Crippen LogP contribution in [0.25, 0.3) is 0 Å². The van der Waals surface area contributed by atoms with Gasteiger partial charge in [0.15, 0.2) is 11.6 Å². The second-order valence-electron chi connectivity index (χ2n) is 2.26. The van der Waals surface area contributed by atoms with Gasteiger partial charge in [-0.1, -0.05) is 0 Å². The number of rotatable bonds is 2. The molecule has 0 aliphatic heterocycles. The van der Waals surface area contributed by atoms with Gasteiger partial charge in [-0.15, -0.1) is 0 Å². The van der Waals surface area contributed by atoms with E-state index in [2.05, 4.69) is 5.32 Å². The lowest BCUT2D eigenvalue weighted by Gasteiger charge is -2.04. The fourth-order valence-electron chi connectivity index (χ4n) is 0.839. The Morgan fingerprint density at radius 1 is 1.23 bits per heavy atom. The summed E-state index contributed by atoms with van der Waals surface area (Å²) in [7, 11) is 0. The van der Waals surface area contributed by atoms with Crippen molar-refractivity contribution in [1.29, 1.82) is 5.26 Å². The summed E-state index contributed by atoms with van der Waals surface area (Å²) >= 11 is 0. The van der Waals surface area contributed by atoms with Crippen LogP contribution in [-0.2, 0) is 0 Å². The van der Waals surface area contributed by atoms with Crippen molar-refractivity contribution >= 4 is 5.69 Å². The van der Waals surface area contributed by atoms with Gasteiger partial charge in [0.25, 0.3) is 0 Å². The quantitative estimate of drug-likeness (QED) is 0.717. The van der Waals surface area contributed by atoms with Crippen molar-refractivity contribution in [3.05, 3.63) is 29.6 Å². The molecule has 1 rings (SSSR count). The number of nitrogens with zero attached hydrogens (tertiary/aromatic N) is 1. The highest BCUT2D eigenvalue weighted by Gasteiger charge is 2.09. The highest BCUT2D eigenvalue weighted by molar-refractivity contribution is 5.46. The van der Waals surface area contributed by atoms with E-state index in [1.165, 1.54) is 0 Å². The van der Waals surface area contributed by atoms with Crippen LogP contribution < -0.4 is 5.32 Å². The largest absolute Gasteiger partial charge is 0.368 e. The lowest BCUT2D eigenvalue weighted by atomic mass is 10.3. The molecule has 13 heavy (non-hydrogen) atoms. The molecular weight excluding hydrogens is 181 g/mol. The summed E-state index contributed by atoms with van der Waals surface area (Å²) in [5.74, 6) is -3.09. The molecule has 0 aliphatic carbocycles.